The first-order valence-corrected chi connectivity index (χ1v) is 8.17. The van der Waals surface area contributed by atoms with Crippen LogP contribution in [0.15, 0.2) is 24.3 Å². The number of carbonyl (C=O) groups is 1. The molecule has 0 aliphatic carbocycles. The molecule has 2 aromatic rings. The van der Waals surface area contributed by atoms with Crippen LogP contribution < -0.4 is 5.32 Å². The minimum atomic E-state index is -0.712. The van der Waals surface area contributed by atoms with Gasteiger partial charge in [-0.15, -0.1) is 0 Å². The molecule has 0 aliphatic rings. The molecule has 1 unspecified atom stereocenters. The van der Waals surface area contributed by atoms with Gasteiger partial charge in [0.25, 0.3) is 0 Å². The molecule has 1 atom stereocenters. The van der Waals surface area contributed by atoms with Crippen LogP contribution in [0.5, 0.6) is 0 Å². The van der Waals surface area contributed by atoms with E-state index in [0.717, 1.165) is 24.1 Å². The Kier molecular flexibility index (Phi) is 5.72. The first-order valence-electron chi connectivity index (χ1n) is 8.17. The van der Waals surface area contributed by atoms with Crippen LogP contribution in [0.3, 0.4) is 0 Å². The van der Waals surface area contributed by atoms with Gasteiger partial charge in [-0.2, -0.15) is 5.10 Å². The summed E-state index contributed by atoms with van der Waals surface area (Å²) in [4.78, 5) is 14.6. The molecule has 0 fully saturated rings. The Hall–Kier alpha value is -2.21. The zero-order valence-corrected chi connectivity index (χ0v) is 14.9. The van der Waals surface area contributed by atoms with E-state index >= 15 is 0 Å². The number of likely N-dealkylation sites (N-methyl/N-ethyl adjacent to an activating group) is 1. The van der Waals surface area contributed by atoms with Gasteiger partial charge in [0.1, 0.15) is 17.7 Å². The summed E-state index contributed by atoms with van der Waals surface area (Å²) < 4.78 is 15.8. The van der Waals surface area contributed by atoms with Crippen LogP contribution >= 0.6 is 0 Å². The molecule has 0 aliphatic heterocycles. The van der Waals surface area contributed by atoms with E-state index in [4.69, 9.17) is 0 Å². The Morgan fingerprint density at radius 3 is 2.50 bits per heavy atom. The molecule has 1 amide bonds. The predicted octanol–water partition coefficient (Wildman–Crippen LogP) is 2.93. The van der Waals surface area contributed by atoms with E-state index in [1.165, 1.54) is 6.07 Å². The summed E-state index contributed by atoms with van der Waals surface area (Å²) in [7, 11) is 5.33. The molecule has 24 heavy (non-hydrogen) atoms. The highest BCUT2D eigenvalue weighted by atomic mass is 19.1. The maximum atomic E-state index is 14.2. The van der Waals surface area contributed by atoms with E-state index in [1.807, 2.05) is 20.9 Å². The molecule has 130 valence electrons. The normalized spacial score (nSPS) is 12.5. The highest BCUT2D eigenvalue weighted by molar-refractivity contribution is 5.95. The van der Waals surface area contributed by atoms with Crippen molar-refractivity contribution < 1.29 is 9.18 Å². The molecule has 0 saturated heterocycles. The number of amides is 1. The van der Waals surface area contributed by atoms with E-state index in [9.17, 15) is 9.18 Å². The fraction of sp³-hybridized carbons (Fsp3) is 0.444. The third-order valence-corrected chi connectivity index (χ3v) is 4.12. The van der Waals surface area contributed by atoms with Crippen molar-refractivity contribution in [2.45, 2.75) is 32.7 Å². The Morgan fingerprint density at radius 2 is 1.96 bits per heavy atom. The molecule has 2 rings (SSSR count). The van der Waals surface area contributed by atoms with Gasteiger partial charge in [0.05, 0.1) is 5.69 Å². The topological polar surface area (TPSA) is 50.2 Å². The number of benzene rings is 1. The monoisotopic (exact) mass is 332 g/mol. The van der Waals surface area contributed by atoms with Crippen LogP contribution in [0, 0.1) is 5.82 Å². The van der Waals surface area contributed by atoms with Gasteiger partial charge in [-0.05, 0) is 33.0 Å². The van der Waals surface area contributed by atoms with Crippen molar-refractivity contribution in [2.75, 3.05) is 19.4 Å². The van der Waals surface area contributed by atoms with E-state index in [-0.39, 0.29) is 11.7 Å². The lowest BCUT2D eigenvalue weighted by molar-refractivity contribution is -0.120. The van der Waals surface area contributed by atoms with E-state index in [1.54, 1.807) is 41.9 Å². The molecule has 0 radical (unpaired) electrons. The van der Waals surface area contributed by atoms with E-state index in [0.29, 0.717) is 11.4 Å². The van der Waals surface area contributed by atoms with Crippen molar-refractivity contribution in [3.05, 3.63) is 46.9 Å². The highest BCUT2D eigenvalue weighted by Gasteiger charge is 2.27. The summed E-state index contributed by atoms with van der Waals surface area (Å²) in [5.74, 6) is 0.0225. The standard InChI is InChI=1S/C18H25FN4O/c1-6-12-15(7-2)21-23(5)17(12)20-18(24)16(22(3)4)13-10-8-9-11-14(13)19/h8-11,16H,6-7H2,1-5H3,(H,20,24). The summed E-state index contributed by atoms with van der Waals surface area (Å²) in [5, 5.41) is 7.41. The number of nitrogens with zero attached hydrogens (tertiary/aromatic N) is 3. The van der Waals surface area contributed by atoms with Gasteiger partial charge in [-0.1, -0.05) is 32.0 Å². The lowest BCUT2D eigenvalue weighted by Gasteiger charge is -2.24. The number of anilines is 1. The summed E-state index contributed by atoms with van der Waals surface area (Å²) >= 11 is 0. The van der Waals surface area contributed by atoms with Crippen LogP contribution in [-0.4, -0.2) is 34.7 Å². The summed E-state index contributed by atoms with van der Waals surface area (Å²) in [6, 6.07) is 5.65. The fourth-order valence-electron chi connectivity index (χ4n) is 2.97. The second-order valence-electron chi connectivity index (χ2n) is 5.98. The van der Waals surface area contributed by atoms with Crippen molar-refractivity contribution in [1.29, 1.82) is 0 Å². The van der Waals surface area contributed by atoms with Crippen molar-refractivity contribution in [1.82, 2.24) is 14.7 Å². The largest absolute Gasteiger partial charge is 0.309 e. The predicted molar refractivity (Wildman–Crippen MR) is 93.4 cm³/mol. The molecule has 1 aromatic carbocycles. The maximum absolute atomic E-state index is 14.2. The van der Waals surface area contributed by atoms with Gasteiger partial charge in [0, 0.05) is 18.2 Å². The lowest BCUT2D eigenvalue weighted by Crippen LogP contribution is -2.33. The highest BCUT2D eigenvalue weighted by Crippen LogP contribution is 2.26. The second kappa shape index (κ2) is 7.57. The zero-order chi connectivity index (χ0) is 17.9. The third-order valence-electron chi connectivity index (χ3n) is 4.12. The molecule has 0 bridgehead atoms. The number of hydrogen-bond donors (Lipinski definition) is 1. The fourth-order valence-corrected chi connectivity index (χ4v) is 2.97. The van der Waals surface area contributed by atoms with Crippen LogP contribution in [0.25, 0.3) is 0 Å². The van der Waals surface area contributed by atoms with Gasteiger partial charge in [0.2, 0.25) is 5.91 Å². The Morgan fingerprint density at radius 1 is 1.29 bits per heavy atom. The number of carbonyl (C=O) groups excluding carboxylic acids is 1. The van der Waals surface area contributed by atoms with E-state index in [2.05, 4.69) is 10.4 Å². The Balaban J connectivity index is 2.37. The number of halogens is 1. The van der Waals surface area contributed by atoms with Gasteiger partial charge in [0.15, 0.2) is 0 Å². The Labute approximate surface area is 142 Å². The minimum absolute atomic E-state index is 0.273. The molecular weight excluding hydrogens is 307 g/mol. The van der Waals surface area contributed by atoms with Gasteiger partial charge in [-0.3, -0.25) is 14.4 Å². The molecule has 0 saturated carbocycles. The maximum Gasteiger partial charge on any atom is 0.247 e. The summed E-state index contributed by atoms with van der Waals surface area (Å²) in [6.45, 7) is 4.07. The number of hydrogen-bond acceptors (Lipinski definition) is 3. The minimum Gasteiger partial charge on any atom is -0.309 e. The second-order valence-corrected chi connectivity index (χ2v) is 5.98. The molecule has 0 spiro atoms. The molecule has 1 aromatic heterocycles. The summed E-state index contributed by atoms with van der Waals surface area (Å²) in [5.41, 5.74) is 2.36. The van der Waals surface area contributed by atoms with Crippen molar-refractivity contribution in [3.63, 3.8) is 0 Å². The SMILES string of the molecule is CCc1nn(C)c(NC(=O)C(c2ccccc2F)N(C)C)c1CC. The van der Waals surface area contributed by atoms with Crippen molar-refractivity contribution >= 4 is 11.7 Å². The molecule has 1 N–H and O–H groups in total. The quantitative estimate of drug-likeness (QED) is 0.885. The molecule has 6 heteroatoms. The van der Waals surface area contributed by atoms with E-state index < -0.39 is 6.04 Å². The van der Waals surface area contributed by atoms with Crippen LogP contribution in [0.4, 0.5) is 10.2 Å². The third kappa shape index (κ3) is 3.48. The Bertz CT molecular complexity index is 724. The smallest absolute Gasteiger partial charge is 0.247 e. The van der Waals surface area contributed by atoms with Crippen molar-refractivity contribution in [3.8, 4) is 0 Å². The van der Waals surface area contributed by atoms with Gasteiger partial charge < -0.3 is 5.32 Å². The summed E-state index contributed by atoms with van der Waals surface area (Å²) in [6.07, 6.45) is 1.58. The number of aromatic nitrogens is 2. The first kappa shape index (κ1) is 18.1. The number of aryl methyl sites for hydroxylation is 2. The first-order chi connectivity index (χ1) is 11.4. The van der Waals surface area contributed by atoms with Gasteiger partial charge >= 0.3 is 0 Å². The number of rotatable bonds is 6. The average molecular weight is 332 g/mol. The van der Waals surface area contributed by atoms with Crippen LogP contribution in [0.1, 0.15) is 36.7 Å². The zero-order valence-electron chi connectivity index (χ0n) is 14.9. The van der Waals surface area contributed by atoms with Crippen LogP contribution in [0.2, 0.25) is 0 Å². The van der Waals surface area contributed by atoms with Crippen LogP contribution in [-0.2, 0) is 24.7 Å². The lowest BCUT2D eigenvalue weighted by atomic mass is 10.0. The molecule has 5 nitrogen and oxygen atoms in total. The van der Waals surface area contributed by atoms with Crippen molar-refractivity contribution in [2.24, 2.45) is 7.05 Å². The molecular formula is C18H25FN4O. The van der Waals surface area contributed by atoms with Gasteiger partial charge in [-0.25, -0.2) is 4.39 Å². The average Bonchev–Trinajstić information content (AvgIpc) is 2.84. The number of nitrogens with one attached hydrogen (secondary N) is 1. The molecule has 1 heterocycles.